The molecule has 0 radical (unpaired) electrons. The van der Waals surface area contributed by atoms with E-state index >= 15 is 0 Å². The Morgan fingerprint density at radius 3 is 1.25 bits per heavy atom. The Kier molecular flexibility index (Phi) is 13.7. The Morgan fingerprint density at radius 1 is 0.750 bits per heavy atom. The van der Waals surface area contributed by atoms with Gasteiger partial charge in [-0.1, -0.05) is 0 Å². The van der Waals surface area contributed by atoms with Gasteiger partial charge in [-0.3, -0.25) is 9.80 Å². The van der Waals surface area contributed by atoms with Crippen LogP contribution in [-0.2, 0) is 0 Å². The molecule has 2 aliphatic heterocycles. The van der Waals surface area contributed by atoms with E-state index in [-0.39, 0.29) is 49.0 Å². The topological polar surface area (TPSA) is 49.5 Å². The van der Waals surface area contributed by atoms with Crippen molar-refractivity contribution in [3.05, 3.63) is 23.5 Å². The van der Waals surface area contributed by atoms with Crippen molar-refractivity contribution in [2.45, 2.75) is 67.5 Å². The molecular weight excluding hydrogens is 399 g/mol. The molecule has 0 aromatic carbocycles. The summed E-state index contributed by atoms with van der Waals surface area (Å²) in [5.41, 5.74) is 2.31. The fourth-order valence-electron chi connectivity index (χ4n) is 3.88. The quantitative estimate of drug-likeness (QED) is 0.465. The van der Waals surface area contributed by atoms with Crippen LogP contribution in [0.3, 0.4) is 0 Å². The molecule has 8 heteroatoms. The van der Waals surface area contributed by atoms with Gasteiger partial charge in [-0.25, -0.2) is 19.4 Å². The van der Waals surface area contributed by atoms with Gasteiger partial charge in [0.05, 0.1) is 25.2 Å². The molecule has 0 aromatic rings. The monoisotopic (exact) mass is 436 g/mol. The normalized spacial score (nSPS) is 27.0. The Labute approximate surface area is 183 Å². The molecule has 2 rings (SSSR count). The summed E-state index contributed by atoms with van der Waals surface area (Å²) >= 11 is 0. The summed E-state index contributed by atoms with van der Waals surface area (Å²) in [6.45, 7) is 19.6. The largest absolute Gasteiger partial charge is 1.00 e. The second-order valence-electron chi connectivity index (χ2n) is 7.03. The van der Waals surface area contributed by atoms with Gasteiger partial charge < -0.3 is 24.8 Å². The Hall–Kier alpha value is -1.08. The van der Waals surface area contributed by atoms with Crippen LogP contribution in [0, 0.1) is 0 Å². The van der Waals surface area contributed by atoms with Crippen molar-refractivity contribution >= 4 is 12.1 Å². The summed E-state index contributed by atoms with van der Waals surface area (Å²) in [6, 6.07) is 0.954. The van der Waals surface area contributed by atoms with Crippen molar-refractivity contribution in [3.8, 4) is 0 Å². The molecule has 0 fully saturated rings. The third-order valence-electron chi connectivity index (χ3n) is 5.34. The highest BCUT2D eigenvalue weighted by atomic mass is 35.5. The number of carbonyl (C=O) groups excluding carboxylic acids is 2. The number of quaternary nitrogens is 2. The first-order valence-electron chi connectivity index (χ1n) is 9.94. The molecule has 2 heterocycles. The zero-order valence-corrected chi connectivity index (χ0v) is 20.1. The summed E-state index contributed by atoms with van der Waals surface area (Å²) in [5, 5.41) is 0. The third kappa shape index (κ3) is 6.48. The van der Waals surface area contributed by atoms with Crippen LogP contribution in [0.5, 0.6) is 0 Å². The average Bonchev–Trinajstić information content (AvgIpc) is 2.56. The van der Waals surface area contributed by atoms with Crippen LogP contribution in [0.25, 0.3) is 0 Å². The van der Waals surface area contributed by atoms with Crippen molar-refractivity contribution in [2.24, 2.45) is 0 Å². The van der Waals surface area contributed by atoms with E-state index in [9.17, 15) is 9.59 Å². The minimum atomic E-state index is 0. The molecule has 0 saturated carbocycles. The molecule has 0 aromatic heterocycles. The van der Waals surface area contributed by atoms with E-state index < -0.39 is 0 Å². The van der Waals surface area contributed by atoms with Crippen molar-refractivity contribution in [1.82, 2.24) is 9.80 Å². The second-order valence-corrected chi connectivity index (χ2v) is 7.03. The van der Waals surface area contributed by atoms with Gasteiger partial charge in [-0.2, -0.15) is 0 Å². The zero-order chi connectivity index (χ0) is 20.0. The lowest BCUT2D eigenvalue weighted by Crippen LogP contribution is -3.14. The molecule has 4 unspecified atom stereocenters. The fourth-order valence-corrected chi connectivity index (χ4v) is 3.88. The number of urea groups is 2. The van der Waals surface area contributed by atoms with Crippen LogP contribution in [0.4, 0.5) is 9.59 Å². The summed E-state index contributed by atoms with van der Waals surface area (Å²) < 4.78 is 0. The maximum absolute atomic E-state index is 11.9. The highest BCUT2D eigenvalue weighted by Crippen LogP contribution is 2.06. The van der Waals surface area contributed by atoms with Crippen LogP contribution >= 0.6 is 0 Å². The van der Waals surface area contributed by atoms with Crippen LogP contribution < -0.4 is 34.6 Å². The second kappa shape index (κ2) is 13.2. The van der Waals surface area contributed by atoms with E-state index in [4.69, 9.17) is 0 Å². The number of carbonyl (C=O) groups is 2. The van der Waals surface area contributed by atoms with Crippen LogP contribution in [0.1, 0.15) is 55.4 Å². The maximum atomic E-state index is 11.9. The first-order chi connectivity index (χ1) is 12.2. The molecular formula is C20H38Cl2N4O2. The first-order valence-corrected chi connectivity index (χ1v) is 9.94. The Balaban J connectivity index is 0. The maximum Gasteiger partial charge on any atom is 0.422 e. The highest BCUT2D eigenvalue weighted by Gasteiger charge is 2.34. The molecule has 0 bridgehead atoms. The van der Waals surface area contributed by atoms with E-state index in [1.165, 1.54) is 0 Å². The predicted octanol–water partition coefficient (Wildman–Crippen LogP) is -4.71. The number of rotatable bonds is 4. The van der Waals surface area contributed by atoms with E-state index in [1.807, 2.05) is 51.3 Å². The number of amides is 4. The van der Waals surface area contributed by atoms with Gasteiger partial charge in [0.2, 0.25) is 0 Å². The standard InChI is InChI=1S/2C10H18N2O.2ClH/c2*1-5-11-8(3)7-9(4)12(6-2)10(11)13;;/h2*7-8H,5-6H2,1-4H3;2*1H. The summed E-state index contributed by atoms with van der Waals surface area (Å²) in [4.78, 5) is 29.5. The van der Waals surface area contributed by atoms with Crippen LogP contribution in [0.15, 0.2) is 23.5 Å². The molecule has 2 aliphatic rings. The third-order valence-corrected chi connectivity index (χ3v) is 5.34. The minimum Gasteiger partial charge on any atom is -1.00 e. The van der Waals surface area contributed by atoms with Gasteiger partial charge in [0.1, 0.15) is 11.4 Å². The molecule has 164 valence electrons. The summed E-state index contributed by atoms with van der Waals surface area (Å²) in [6.07, 6.45) is 4.34. The van der Waals surface area contributed by atoms with Crippen LogP contribution in [0.2, 0.25) is 0 Å². The zero-order valence-electron chi connectivity index (χ0n) is 18.6. The van der Waals surface area contributed by atoms with Crippen molar-refractivity contribution in [3.63, 3.8) is 0 Å². The molecule has 4 atom stereocenters. The molecule has 4 amide bonds. The smallest absolute Gasteiger partial charge is 0.422 e. The first kappa shape index (κ1) is 29.1. The lowest BCUT2D eigenvalue weighted by atomic mass is 10.2. The van der Waals surface area contributed by atoms with Crippen molar-refractivity contribution < 1.29 is 44.2 Å². The molecule has 0 spiro atoms. The SMILES string of the molecule is CCN1C(=O)[NH+](CC)C(C)=CC1C.CCN1C(=O)[NH+](CC)C(C)=CC1C.[Cl-].[Cl-]. The van der Waals surface area contributed by atoms with Crippen molar-refractivity contribution in [1.29, 1.82) is 0 Å². The number of hydrogen-bond acceptors (Lipinski definition) is 2. The number of allylic oxidation sites excluding steroid dienone is 2. The lowest BCUT2D eigenvalue weighted by molar-refractivity contribution is -0.778. The van der Waals surface area contributed by atoms with Crippen molar-refractivity contribution in [2.75, 3.05) is 26.2 Å². The number of nitrogens with one attached hydrogen (secondary N) is 2. The molecule has 28 heavy (non-hydrogen) atoms. The number of halogens is 2. The predicted molar refractivity (Wildman–Crippen MR) is 105 cm³/mol. The van der Waals surface area contributed by atoms with E-state index in [0.29, 0.717) is 0 Å². The minimum absolute atomic E-state index is 0. The van der Waals surface area contributed by atoms with E-state index in [2.05, 4.69) is 26.0 Å². The van der Waals surface area contributed by atoms with Gasteiger partial charge in [0, 0.05) is 26.9 Å². The van der Waals surface area contributed by atoms with Gasteiger partial charge in [0.25, 0.3) is 0 Å². The highest BCUT2D eigenvalue weighted by molar-refractivity contribution is 5.68. The van der Waals surface area contributed by atoms with E-state index in [1.54, 1.807) is 0 Å². The molecule has 0 aliphatic carbocycles. The fraction of sp³-hybridized carbons (Fsp3) is 0.700. The number of hydrogen-bond donors (Lipinski definition) is 2. The lowest BCUT2D eigenvalue weighted by Gasteiger charge is -2.32. The Bertz CT molecular complexity index is 531. The van der Waals surface area contributed by atoms with Gasteiger partial charge in [-0.05, 0) is 53.7 Å². The Morgan fingerprint density at radius 2 is 1.04 bits per heavy atom. The van der Waals surface area contributed by atoms with E-state index in [0.717, 1.165) is 47.4 Å². The van der Waals surface area contributed by atoms with Crippen LogP contribution in [-0.4, -0.2) is 60.1 Å². The summed E-state index contributed by atoms with van der Waals surface area (Å²) in [7, 11) is 0. The van der Waals surface area contributed by atoms with Gasteiger partial charge >= 0.3 is 12.1 Å². The van der Waals surface area contributed by atoms with Gasteiger partial charge in [-0.15, -0.1) is 0 Å². The number of likely N-dealkylation sites (N-methyl/N-ethyl adjacent to an activating group) is 2. The number of nitrogens with zero attached hydrogens (tertiary/aromatic N) is 2. The molecule has 2 N–H and O–H groups in total. The molecule has 6 nitrogen and oxygen atoms in total. The average molecular weight is 437 g/mol. The summed E-state index contributed by atoms with van der Waals surface area (Å²) in [5.74, 6) is 0. The molecule has 0 saturated heterocycles. The van der Waals surface area contributed by atoms with Gasteiger partial charge in [0.15, 0.2) is 0 Å².